The van der Waals surface area contributed by atoms with Crippen LogP contribution in [-0.2, 0) is 22.7 Å². The van der Waals surface area contributed by atoms with Crippen LogP contribution in [0.15, 0.2) is 83.9 Å². The zero-order valence-electron chi connectivity index (χ0n) is 18.8. The molecule has 1 aliphatic rings. The van der Waals surface area contributed by atoms with Gasteiger partial charge in [-0.3, -0.25) is 9.78 Å². The molecule has 0 aliphatic heterocycles. The van der Waals surface area contributed by atoms with E-state index in [1.165, 1.54) is 0 Å². The molecule has 3 atom stereocenters. The van der Waals surface area contributed by atoms with E-state index in [-0.39, 0.29) is 35.1 Å². The van der Waals surface area contributed by atoms with Crippen molar-refractivity contribution in [2.75, 3.05) is 12.3 Å². The molecule has 0 saturated heterocycles. The minimum absolute atomic E-state index is 0.0192. The van der Waals surface area contributed by atoms with Crippen LogP contribution in [0.5, 0.6) is 0 Å². The largest absolute Gasteiger partial charge is 0.376 e. The van der Waals surface area contributed by atoms with E-state index in [9.17, 15) is 4.79 Å². The molecule has 0 spiro atoms. The van der Waals surface area contributed by atoms with Gasteiger partial charge in [0.2, 0.25) is 5.95 Å². The molecule has 0 radical (unpaired) electrons. The lowest BCUT2D eigenvalue weighted by atomic mass is 10.0. The van der Waals surface area contributed by atoms with Crippen LogP contribution in [0.2, 0.25) is 0 Å². The Kier molecular flexibility index (Phi) is 6.24. The molecule has 1 unspecified atom stereocenters. The maximum absolute atomic E-state index is 12.3. The number of nitrogen functional groups attached to an aromatic ring is 1. The summed E-state index contributed by atoms with van der Waals surface area (Å²) in [7, 11) is 0. The van der Waals surface area contributed by atoms with Crippen LogP contribution in [0.1, 0.15) is 23.6 Å². The zero-order chi connectivity index (χ0) is 23.5. The van der Waals surface area contributed by atoms with E-state index in [0.29, 0.717) is 31.9 Å². The molecule has 2 heterocycles. The monoisotopic (exact) mass is 457 g/mol. The Bertz CT molecular complexity index is 1330. The molecule has 4 aromatic rings. The number of hydrogen-bond donors (Lipinski definition) is 2. The lowest BCUT2D eigenvalue weighted by molar-refractivity contribution is -0.0122. The minimum atomic E-state index is -0.357. The molecule has 1 fully saturated rings. The molecule has 2 aromatic heterocycles. The first-order valence-corrected chi connectivity index (χ1v) is 11.3. The van der Waals surface area contributed by atoms with Crippen LogP contribution in [-0.4, -0.2) is 32.2 Å². The molecule has 34 heavy (non-hydrogen) atoms. The van der Waals surface area contributed by atoms with E-state index < -0.39 is 0 Å². The average molecular weight is 458 g/mol. The Morgan fingerprint density at radius 2 is 1.74 bits per heavy atom. The summed E-state index contributed by atoms with van der Waals surface area (Å²) in [4.78, 5) is 23.4. The van der Waals surface area contributed by atoms with E-state index in [4.69, 9.17) is 15.2 Å². The summed E-state index contributed by atoms with van der Waals surface area (Å²) in [5.74, 6) is 0.0386. The summed E-state index contributed by atoms with van der Waals surface area (Å²) in [6.07, 6.45) is 2.19. The molecular weight excluding hydrogens is 430 g/mol. The predicted molar refractivity (Wildman–Crippen MR) is 130 cm³/mol. The fourth-order valence-electron chi connectivity index (χ4n) is 4.54. The highest BCUT2D eigenvalue weighted by Crippen LogP contribution is 2.42. The van der Waals surface area contributed by atoms with Gasteiger partial charge in [-0.1, -0.05) is 67.2 Å². The second-order valence-corrected chi connectivity index (χ2v) is 8.54. The summed E-state index contributed by atoms with van der Waals surface area (Å²) >= 11 is 0. The van der Waals surface area contributed by atoms with E-state index >= 15 is 0 Å². The van der Waals surface area contributed by atoms with Gasteiger partial charge in [0.15, 0.2) is 11.2 Å². The third kappa shape index (κ3) is 4.50. The molecule has 174 valence electrons. The standard InChI is InChI=1S/C26H27N5O3/c1-17-20(15-33-13-18-8-4-2-5-9-18)22(34-14-19-10-6-3-7-11-19)12-21(17)31-16-28-23-24(31)29-26(27)30-25(23)32/h2-11,16,20-22H,1,12-15H2,(H3,27,29,30,32)/t20-,21?,22-/m1/s1. The highest BCUT2D eigenvalue weighted by atomic mass is 16.5. The maximum atomic E-state index is 12.3. The summed E-state index contributed by atoms with van der Waals surface area (Å²) < 4.78 is 14.3. The fourth-order valence-corrected chi connectivity index (χ4v) is 4.54. The van der Waals surface area contributed by atoms with Crippen molar-refractivity contribution < 1.29 is 9.47 Å². The second-order valence-electron chi connectivity index (χ2n) is 8.54. The number of benzene rings is 2. The third-order valence-corrected chi connectivity index (χ3v) is 6.31. The van der Waals surface area contributed by atoms with Gasteiger partial charge >= 0.3 is 0 Å². The smallest absolute Gasteiger partial charge is 0.280 e. The number of nitrogens with two attached hydrogens (primary N) is 1. The zero-order valence-corrected chi connectivity index (χ0v) is 18.8. The number of rotatable bonds is 8. The summed E-state index contributed by atoms with van der Waals surface area (Å²) in [6, 6.07) is 20.0. The van der Waals surface area contributed by atoms with Crippen molar-refractivity contribution in [1.82, 2.24) is 19.5 Å². The van der Waals surface area contributed by atoms with Crippen LogP contribution in [0, 0.1) is 5.92 Å². The minimum Gasteiger partial charge on any atom is -0.376 e. The molecule has 0 bridgehead atoms. The molecular formula is C26H27N5O3. The maximum Gasteiger partial charge on any atom is 0.280 e. The van der Waals surface area contributed by atoms with Gasteiger partial charge in [-0.15, -0.1) is 0 Å². The number of hydrogen-bond acceptors (Lipinski definition) is 6. The predicted octanol–water partition coefficient (Wildman–Crippen LogP) is 3.62. The lowest BCUT2D eigenvalue weighted by Gasteiger charge is -2.21. The molecule has 2 aromatic carbocycles. The van der Waals surface area contributed by atoms with E-state index in [1.807, 2.05) is 65.2 Å². The number of aromatic amines is 1. The second kappa shape index (κ2) is 9.62. The topological polar surface area (TPSA) is 108 Å². The lowest BCUT2D eigenvalue weighted by Crippen LogP contribution is -2.23. The van der Waals surface area contributed by atoms with Gasteiger partial charge in [-0.25, -0.2) is 4.98 Å². The fraction of sp³-hybridized carbons (Fsp3) is 0.269. The average Bonchev–Trinajstić information content (AvgIpc) is 3.40. The van der Waals surface area contributed by atoms with Gasteiger partial charge < -0.3 is 19.8 Å². The van der Waals surface area contributed by atoms with Crippen LogP contribution < -0.4 is 11.3 Å². The van der Waals surface area contributed by atoms with Crippen molar-refractivity contribution in [2.24, 2.45) is 5.92 Å². The van der Waals surface area contributed by atoms with Crippen LogP contribution in [0.4, 0.5) is 5.95 Å². The number of anilines is 1. The highest BCUT2D eigenvalue weighted by molar-refractivity contribution is 5.71. The van der Waals surface area contributed by atoms with Crippen molar-refractivity contribution >= 4 is 17.1 Å². The quantitative estimate of drug-likeness (QED) is 0.391. The number of aromatic nitrogens is 4. The molecule has 5 rings (SSSR count). The first-order chi connectivity index (χ1) is 16.6. The SMILES string of the molecule is C=C1C(n2cnc3c(=O)[nH]c(N)nc32)C[C@@H](OCc2ccccc2)[C@@H]1COCc1ccccc1. The summed E-state index contributed by atoms with van der Waals surface area (Å²) in [5.41, 5.74) is 9.33. The molecule has 8 nitrogen and oxygen atoms in total. The molecule has 0 amide bonds. The Labute approximate surface area is 197 Å². The Hall–Kier alpha value is -3.75. The van der Waals surface area contributed by atoms with Gasteiger partial charge in [-0.2, -0.15) is 4.98 Å². The van der Waals surface area contributed by atoms with Crippen LogP contribution >= 0.6 is 0 Å². The first kappa shape index (κ1) is 22.1. The number of nitrogens with one attached hydrogen (secondary N) is 1. The van der Waals surface area contributed by atoms with E-state index in [1.54, 1.807) is 6.33 Å². The molecule has 1 aliphatic carbocycles. The Balaban J connectivity index is 1.38. The molecule has 1 saturated carbocycles. The van der Waals surface area contributed by atoms with Crippen molar-refractivity contribution in [3.8, 4) is 0 Å². The van der Waals surface area contributed by atoms with Crippen molar-refractivity contribution in [2.45, 2.75) is 31.8 Å². The summed E-state index contributed by atoms with van der Waals surface area (Å²) in [6.45, 7) is 5.89. The number of ether oxygens (including phenoxy) is 2. The van der Waals surface area contributed by atoms with E-state index in [0.717, 1.165) is 16.7 Å². The summed E-state index contributed by atoms with van der Waals surface area (Å²) in [5, 5.41) is 0. The van der Waals surface area contributed by atoms with Crippen LogP contribution in [0.25, 0.3) is 11.2 Å². The van der Waals surface area contributed by atoms with Gasteiger partial charge in [0.05, 0.1) is 38.3 Å². The van der Waals surface area contributed by atoms with Gasteiger partial charge in [-0.05, 0) is 23.1 Å². The van der Waals surface area contributed by atoms with Crippen molar-refractivity contribution in [3.63, 3.8) is 0 Å². The van der Waals surface area contributed by atoms with Gasteiger partial charge in [0.25, 0.3) is 5.56 Å². The highest BCUT2D eigenvalue weighted by Gasteiger charge is 2.40. The van der Waals surface area contributed by atoms with E-state index in [2.05, 4.69) is 21.5 Å². The van der Waals surface area contributed by atoms with Gasteiger partial charge in [0, 0.05) is 5.92 Å². The first-order valence-electron chi connectivity index (χ1n) is 11.3. The number of nitrogens with zero attached hydrogens (tertiary/aromatic N) is 3. The molecule has 3 N–H and O–H groups in total. The van der Waals surface area contributed by atoms with Crippen LogP contribution in [0.3, 0.4) is 0 Å². The van der Waals surface area contributed by atoms with Crippen molar-refractivity contribution in [3.05, 3.63) is 101 Å². The van der Waals surface area contributed by atoms with Crippen molar-refractivity contribution in [1.29, 1.82) is 0 Å². The molecule has 8 heteroatoms. The Morgan fingerprint density at radius 3 is 2.44 bits per heavy atom. The third-order valence-electron chi connectivity index (χ3n) is 6.31. The normalized spacial score (nSPS) is 20.2. The number of H-pyrrole nitrogens is 1. The number of fused-ring (bicyclic) bond motifs is 1. The van der Waals surface area contributed by atoms with Gasteiger partial charge in [0.1, 0.15) is 0 Å². The Morgan fingerprint density at radius 1 is 1.06 bits per heavy atom. The number of imidazole rings is 1.